The molecule has 4 aromatic rings. The number of ether oxygens (including phenoxy) is 1. The van der Waals surface area contributed by atoms with Crippen LogP contribution in [0.3, 0.4) is 0 Å². The Morgan fingerprint density at radius 3 is 2.72 bits per heavy atom. The molecule has 0 bridgehead atoms. The molecule has 124 valence electrons. The molecule has 1 N–H and O–H groups in total. The van der Waals surface area contributed by atoms with E-state index >= 15 is 0 Å². The topological polar surface area (TPSA) is 41.1 Å². The zero-order valence-electron chi connectivity index (χ0n) is 13.9. The summed E-state index contributed by atoms with van der Waals surface area (Å²) in [6.07, 6.45) is 1.98. The molecule has 0 spiro atoms. The Morgan fingerprint density at radius 2 is 1.80 bits per heavy atom. The second kappa shape index (κ2) is 5.90. The van der Waals surface area contributed by atoms with E-state index in [9.17, 15) is 0 Å². The van der Waals surface area contributed by atoms with Gasteiger partial charge in [-0.25, -0.2) is 4.98 Å². The van der Waals surface area contributed by atoms with Crippen LogP contribution >= 0.6 is 0 Å². The van der Waals surface area contributed by atoms with Crippen LogP contribution in [0.1, 0.15) is 0 Å². The Bertz CT molecular complexity index is 1050. The maximum Gasteiger partial charge on any atom is 0.137 e. The number of nitrogens with zero attached hydrogens (tertiary/aromatic N) is 2. The molecule has 4 heteroatoms. The van der Waals surface area contributed by atoms with Gasteiger partial charge in [-0.15, -0.1) is 0 Å². The third-order valence-electron chi connectivity index (χ3n) is 4.90. The zero-order chi connectivity index (χ0) is 16.6. The Morgan fingerprint density at radius 1 is 0.920 bits per heavy atom. The lowest BCUT2D eigenvalue weighted by Gasteiger charge is -2.29. The lowest BCUT2D eigenvalue weighted by atomic mass is 10.0. The van der Waals surface area contributed by atoms with Crippen molar-refractivity contribution in [1.29, 1.82) is 0 Å². The summed E-state index contributed by atoms with van der Waals surface area (Å²) in [6, 6.07) is 19.2. The summed E-state index contributed by atoms with van der Waals surface area (Å²) < 4.78 is 5.52. The van der Waals surface area contributed by atoms with Gasteiger partial charge in [0.25, 0.3) is 0 Å². The van der Waals surface area contributed by atoms with Crippen LogP contribution in [0, 0.1) is 0 Å². The van der Waals surface area contributed by atoms with E-state index < -0.39 is 0 Å². The first kappa shape index (κ1) is 14.5. The summed E-state index contributed by atoms with van der Waals surface area (Å²) >= 11 is 0. The number of aromatic amines is 1. The van der Waals surface area contributed by atoms with E-state index in [1.807, 2.05) is 6.20 Å². The Balaban J connectivity index is 1.75. The van der Waals surface area contributed by atoms with Crippen molar-refractivity contribution in [3.63, 3.8) is 0 Å². The molecule has 1 aliphatic heterocycles. The smallest absolute Gasteiger partial charge is 0.137 e. The molecule has 0 saturated carbocycles. The Labute approximate surface area is 146 Å². The lowest BCUT2D eigenvalue weighted by Crippen LogP contribution is -2.36. The number of fused-ring (bicyclic) bond motifs is 2. The van der Waals surface area contributed by atoms with Crippen molar-refractivity contribution in [2.45, 2.75) is 0 Å². The molecule has 0 aliphatic carbocycles. The van der Waals surface area contributed by atoms with Gasteiger partial charge in [0.15, 0.2) is 0 Å². The molecule has 2 aromatic carbocycles. The summed E-state index contributed by atoms with van der Waals surface area (Å²) in [4.78, 5) is 10.7. The number of aromatic nitrogens is 2. The van der Waals surface area contributed by atoms with E-state index in [0.29, 0.717) is 0 Å². The normalized spacial score (nSPS) is 15.1. The van der Waals surface area contributed by atoms with Crippen molar-refractivity contribution in [2.75, 3.05) is 31.2 Å². The van der Waals surface area contributed by atoms with Crippen LogP contribution in [-0.2, 0) is 4.74 Å². The number of morpholine rings is 1. The van der Waals surface area contributed by atoms with E-state index in [-0.39, 0.29) is 0 Å². The molecular weight excluding hydrogens is 310 g/mol. The van der Waals surface area contributed by atoms with Crippen molar-refractivity contribution in [3.8, 4) is 11.3 Å². The van der Waals surface area contributed by atoms with Gasteiger partial charge in [-0.1, -0.05) is 36.4 Å². The predicted octanol–water partition coefficient (Wildman–Crippen LogP) is 4.22. The number of pyridine rings is 1. The fourth-order valence-electron chi connectivity index (χ4n) is 3.64. The molecule has 25 heavy (non-hydrogen) atoms. The fraction of sp³-hybridized carbons (Fsp3) is 0.190. The maximum absolute atomic E-state index is 5.52. The highest BCUT2D eigenvalue weighted by molar-refractivity contribution is 5.99. The number of nitrogens with one attached hydrogen (secondary N) is 1. The van der Waals surface area contributed by atoms with Crippen LogP contribution in [0.2, 0.25) is 0 Å². The quantitative estimate of drug-likeness (QED) is 0.599. The van der Waals surface area contributed by atoms with Gasteiger partial charge in [-0.3, -0.25) is 0 Å². The molecule has 2 aromatic heterocycles. The Hall–Kier alpha value is -2.85. The zero-order valence-corrected chi connectivity index (χ0v) is 13.9. The molecular formula is C21H19N3O. The van der Waals surface area contributed by atoms with E-state index in [2.05, 4.69) is 64.5 Å². The minimum absolute atomic E-state index is 0.758. The minimum atomic E-state index is 0.758. The largest absolute Gasteiger partial charge is 0.378 e. The van der Waals surface area contributed by atoms with Gasteiger partial charge in [0.05, 0.1) is 18.9 Å². The van der Waals surface area contributed by atoms with Crippen molar-refractivity contribution in [1.82, 2.24) is 9.97 Å². The highest BCUT2D eigenvalue weighted by Gasteiger charge is 2.17. The van der Waals surface area contributed by atoms with Crippen LogP contribution in [0.25, 0.3) is 32.9 Å². The summed E-state index contributed by atoms with van der Waals surface area (Å²) in [5.41, 5.74) is 3.32. The third-order valence-corrected chi connectivity index (χ3v) is 4.90. The van der Waals surface area contributed by atoms with Gasteiger partial charge in [0.1, 0.15) is 5.82 Å². The first-order valence-corrected chi connectivity index (χ1v) is 8.69. The van der Waals surface area contributed by atoms with E-state index in [4.69, 9.17) is 9.72 Å². The van der Waals surface area contributed by atoms with Crippen LogP contribution in [-0.4, -0.2) is 36.3 Å². The minimum Gasteiger partial charge on any atom is -0.378 e. The molecule has 1 fully saturated rings. The number of benzene rings is 2. The van der Waals surface area contributed by atoms with Crippen LogP contribution in [0.5, 0.6) is 0 Å². The van der Waals surface area contributed by atoms with Gasteiger partial charge in [-0.2, -0.15) is 0 Å². The summed E-state index contributed by atoms with van der Waals surface area (Å²) in [7, 11) is 0. The van der Waals surface area contributed by atoms with Crippen LogP contribution < -0.4 is 4.90 Å². The SMILES string of the molecule is c1ccc2c(N3CCOCC3)nc(-c3cccc4[nH]ccc34)cc2c1. The van der Waals surface area contributed by atoms with Gasteiger partial charge >= 0.3 is 0 Å². The second-order valence-corrected chi connectivity index (χ2v) is 6.40. The van der Waals surface area contributed by atoms with Gasteiger partial charge in [0, 0.05) is 41.1 Å². The van der Waals surface area contributed by atoms with Crippen molar-refractivity contribution in [3.05, 3.63) is 60.8 Å². The van der Waals surface area contributed by atoms with E-state index in [0.717, 1.165) is 43.3 Å². The second-order valence-electron chi connectivity index (χ2n) is 6.40. The number of anilines is 1. The number of hydrogen-bond donors (Lipinski definition) is 1. The average Bonchev–Trinajstić information content (AvgIpc) is 3.16. The first-order chi connectivity index (χ1) is 12.4. The van der Waals surface area contributed by atoms with Crippen LogP contribution in [0.15, 0.2) is 60.8 Å². The van der Waals surface area contributed by atoms with Crippen molar-refractivity contribution in [2.24, 2.45) is 0 Å². The molecule has 0 atom stereocenters. The molecule has 5 rings (SSSR count). The van der Waals surface area contributed by atoms with Crippen molar-refractivity contribution >= 4 is 27.5 Å². The molecule has 0 unspecified atom stereocenters. The highest BCUT2D eigenvalue weighted by atomic mass is 16.5. The third kappa shape index (κ3) is 2.46. The summed E-state index contributed by atoms with van der Waals surface area (Å²) in [5, 5.41) is 3.63. The fourth-order valence-corrected chi connectivity index (χ4v) is 3.64. The summed E-state index contributed by atoms with van der Waals surface area (Å²) in [6.45, 7) is 3.28. The van der Waals surface area contributed by atoms with E-state index in [1.165, 1.54) is 21.7 Å². The number of H-pyrrole nitrogens is 1. The summed E-state index contributed by atoms with van der Waals surface area (Å²) in [5.74, 6) is 1.06. The number of hydrogen-bond acceptors (Lipinski definition) is 3. The molecule has 0 radical (unpaired) electrons. The standard InChI is InChI=1S/C21H19N3O/c1-2-5-16-15(4-1)14-20(23-21(16)24-10-12-25-13-11-24)17-6-3-7-19-18(17)8-9-22-19/h1-9,14,22H,10-13H2. The van der Waals surface area contributed by atoms with Crippen LogP contribution in [0.4, 0.5) is 5.82 Å². The average molecular weight is 329 g/mol. The lowest BCUT2D eigenvalue weighted by molar-refractivity contribution is 0.122. The van der Waals surface area contributed by atoms with Crippen molar-refractivity contribution < 1.29 is 4.74 Å². The van der Waals surface area contributed by atoms with Gasteiger partial charge in [-0.05, 0) is 23.6 Å². The van der Waals surface area contributed by atoms with Gasteiger partial charge < -0.3 is 14.6 Å². The number of rotatable bonds is 2. The Kier molecular flexibility index (Phi) is 3.42. The highest BCUT2D eigenvalue weighted by Crippen LogP contribution is 2.33. The molecule has 1 saturated heterocycles. The molecule has 0 amide bonds. The predicted molar refractivity (Wildman–Crippen MR) is 102 cm³/mol. The van der Waals surface area contributed by atoms with E-state index in [1.54, 1.807) is 0 Å². The molecule has 4 nitrogen and oxygen atoms in total. The van der Waals surface area contributed by atoms with Gasteiger partial charge in [0.2, 0.25) is 0 Å². The first-order valence-electron chi connectivity index (χ1n) is 8.69. The molecule has 3 heterocycles. The molecule has 1 aliphatic rings. The monoisotopic (exact) mass is 329 g/mol. The maximum atomic E-state index is 5.52.